The molecule has 1 unspecified atom stereocenters. The van der Waals surface area contributed by atoms with Crippen molar-refractivity contribution in [3.63, 3.8) is 0 Å². The second-order valence-electron chi connectivity index (χ2n) is 14.8. The van der Waals surface area contributed by atoms with Gasteiger partial charge in [0.15, 0.2) is 0 Å². The number of rotatable bonds is 6. The molecule has 56 heavy (non-hydrogen) atoms. The molecule has 0 fully saturated rings. The van der Waals surface area contributed by atoms with Crippen molar-refractivity contribution in [2.45, 2.75) is 12.3 Å². The third-order valence-electron chi connectivity index (χ3n) is 11.5. The van der Waals surface area contributed by atoms with Crippen molar-refractivity contribution in [2.24, 2.45) is 0 Å². The topological polar surface area (TPSA) is 16.4 Å². The zero-order valence-corrected chi connectivity index (χ0v) is 30.8. The molecule has 10 aromatic rings. The van der Waals surface area contributed by atoms with E-state index in [4.69, 9.17) is 4.42 Å². The van der Waals surface area contributed by atoms with Crippen LogP contribution in [0.3, 0.4) is 0 Å². The van der Waals surface area contributed by atoms with Gasteiger partial charge in [-0.1, -0.05) is 152 Å². The molecule has 1 atom stereocenters. The summed E-state index contributed by atoms with van der Waals surface area (Å²) in [6.45, 7) is 0. The van der Waals surface area contributed by atoms with Crippen LogP contribution < -0.4 is 4.90 Å². The Bertz CT molecular complexity index is 3170. The van der Waals surface area contributed by atoms with Crippen LogP contribution in [-0.2, 0) is 0 Å². The molecule has 0 amide bonds. The molecule has 2 heteroatoms. The smallest absolute Gasteiger partial charge is 0.143 e. The van der Waals surface area contributed by atoms with Crippen LogP contribution in [0, 0.1) is 0 Å². The maximum atomic E-state index is 6.71. The Morgan fingerprint density at radius 2 is 1.12 bits per heavy atom. The Hall–Kier alpha value is -7.16. The Morgan fingerprint density at radius 3 is 1.95 bits per heavy atom. The molecule has 0 bridgehead atoms. The van der Waals surface area contributed by atoms with Gasteiger partial charge in [0.1, 0.15) is 11.2 Å². The fourth-order valence-corrected chi connectivity index (χ4v) is 8.86. The van der Waals surface area contributed by atoms with E-state index in [-0.39, 0.29) is 0 Å². The first-order valence-corrected chi connectivity index (χ1v) is 19.4. The minimum absolute atomic E-state index is 0.317. The largest absolute Gasteiger partial charge is 0.455 e. The van der Waals surface area contributed by atoms with E-state index in [2.05, 4.69) is 211 Å². The summed E-state index contributed by atoms with van der Waals surface area (Å²) in [7, 11) is 0. The highest BCUT2D eigenvalue weighted by Crippen LogP contribution is 2.44. The van der Waals surface area contributed by atoms with Crippen LogP contribution in [-0.4, -0.2) is 0 Å². The summed E-state index contributed by atoms with van der Waals surface area (Å²) >= 11 is 0. The van der Waals surface area contributed by atoms with E-state index in [1.54, 1.807) is 0 Å². The SMILES string of the molecule is C1=CCC(c2cc3c4cc(N(c5ccc(-c6cc7ccccc7c7ccccc67)cc5)c5cccc(-c6ccccc6)c5)ccc4oc3c3ccccc23)C=C1. The molecule has 0 N–H and O–H groups in total. The summed E-state index contributed by atoms with van der Waals surface area (Å²) in [5.74, 6) is 0.317. The van der Waals surface area contributed by atoms with Crippen LogP contribution in [0.25, 0.3) is 76.5 Å². The Balaban J connectivity index is 1.09. The Morgan fingerprint density at radius 1 is 0.429 bits per heavy atom. The lowest BCUT2D eigenvalue weighted by Gasteiger charge is -2.26. The van der Waals surface area contributed by atoms with Crippen LogP contribution in [0.2, 0.25) is 0 Å². The van der Waals surface area contributed by atoms with E-state index in [0.29, 0.717) is 5.92 Å². The fourth-order valence-electron chi connectivity index (χ4n) is 8.86. The van der Waals surface area contributed by atoms with Crippen molar-refractivity contribution in [1.82, 2.24) is 0 Å². The highest BCUT2D eigenvalue weighted by molar-refractivity contribution is 6.17. The van der Waals surface area contributed by atoms with E-state index in [1.807, 2.05) is 0 Å². The Labute approximate surface area is 325 Å². The molecule has 1 aliphatic rings. The summed E-state index contributed by atoms with van der Waals surface area (Å²) in [6, 6.07) is 66.1. The molecular weight excluding hydrogens is 679 g/mol. The number of hydrogen-bond acceptors (Lipinski definition) is 2. The van der Waals surface area contributed by atoms with Gasteiger partial charge in [-0.25, -0.2) is 0 Å². The molecule has 11 rings (SSSR count). The summed E-state index contributed by atoms with van der Waals surface area (Å²) in [5, 5.41) is 9.73. The third-order valence-corrected chi connectivity index (χ3v) is 11.5. The normalized spacial score (nSPS) is 14.0. The third kappa shape index (κ3) is 5.41. The molecule has 0 saturated heterocycles. The molecule has 1 aliphatic carbocycles. The minimum Gasteiger partial charge on any atom is -0.455 e. The lowest BCUT2D eigenvalue weighted by molar-refractivity contribution is 0.672. The molecule has 1 heterocycles. The van der Waals surface area contributed by atoms with Gasteiger partial charge < -0.3 is 9.32 Å². The molecule has 1 aromatic heterocycles. The number of allylic oxidation sites excluding steroid dienone is 4. The van der Waals surface area contributed by atoms with Gasteiger partial charge in [-0.2, -0.15) is 0 Å². The van der Waals surface area contributed by atoms with Gasteiger partial charge in [-0.05, 0) is 116 Å². The van der Waals surface area contributed by atoms with Crippen LogP contribution in [0.15, 0.2) is 211 Å². The molecule has 0 radical (unpaired) electrons. The maximum absolute atomic E-state index is 6.71. The van der Waals surface area contributed by atoms with Gasteiger partial charge in [-0.3, -0.25) is 0 Å². The van der Waals surface area contributed by atoms with E-state index in [0.717, 1.165) is 50.8 Å². The van der Waals surface area contributed by atoms with Gasteiger partial charge in [0.05, 0.1) is 0 Å². The van der Waals surface area contributed by atoms with E-state index in [1.165, 1.54) is 54.7 Å². The van der Waals surface area contributed by atoms with Crippen molar-refractivity contribution in [3.05, 3.63) is 212 Å². The van der Waals surface area contributed by atoms with Gasteiger partial charge >= 0.3 is 0 Å². The maximum Gasteiger partial charge on any atom is 0.143 e. The van der Waals surface area contributed by atoms with Crippen molar-refractivity contribution >= 4 is 71.3 Å². The van der Waals surface area contributed by atoms with Crippen LogP contribution in [0.4, 0.5) is 17.1 Å². The van der Waals surface area contributed by atoms with Crippen molar-refractivity contribution < 1.29 is 4.42 Å². The first-order chi connectivity index (χ1) is 27.8. The van der Waals surface area contributed by atoms with Gasteiger partial charge in [0.25, 0.3) is 0 Å². The fraction of sp³-hybridized carbons (Fsp3) is 0.0370. The molecule has 9 aromatic carbocycles. The molecule has 2 nitrogen and oxygen atoms in total. The van der Waals surface area contributed by atoms with Crippen LogP contribution in [0.5, 0.6) is 0 Å². The predicted octanol–water partition coefficient (Wildman–Crippen LogP) is 15.4. The summed E-state index contributed by atoms with van der Waals surface area (Å²) in [6.07, 6.45) is 9.91. The summed E-state index contributed by atoms with van der Waals surface area (Å²) in [5.41, 5.74) is 11.2. The van der Waals surface area contributed by atoms with Gasteiger partial charge in [-0.15, -0.1) is 0 Å². The van der Waals surface area contributed by atoms with Crippen LogP contribution in [0.1, 0.15) is 17.9 Å². The molecule has 0 saturated carbocycles. The molecular formula is C54H37NO. The number of anilines is 3. The first kappa shape index (κ1) is 32.3. The number of nitrogens with zero attached hydrogens (tertiary/aromatic N) is 1. The average molecular weight is 716 g/mol. The second-order valence-corrected chi connectivity index (χ2v) is 14.8. The number of fused-ring (bicyclic) bond motifs is 8. The first-order valence-electron chi connectivity index (χ1n) is 19.4. The lowest BCUT2D eigenvalue weighted by atomic mass is 9.87. The average Bonchev–Trinajstić information content (AvgIpc) is 3.65. The van der Waals surface area contributed by atoms with Crippen molar-refractivity contribution in [2.75, 3.05) is 4.90 Å². The predicted molar refractivity (Wildman–Crippen MR) is 237 cm³/mol. The minimum atomic E-state index is 0.317. The summed E-state index contributed by atoms with van der Waals surface area (Å²) < 4.78 is 6.71. The molecule has 264 valence electrons. The van der Waals surface area contributed by atoms with E-state index in [9.17, 15) is 0 Å². The highest BCUT2D eigenvalue weighted by atomic mass is 16.3. The lowest BCUT2D eigenvalue weighted by Crippen LogP contribution is -2.10. The molecule has 0 aliphatic heterocycles. The summed E-state index contributed by atoms with van der Waals surface area (Å²) in [4.78, 5) is 2.38. The highest BCUT2D eigenvalue weighted by Gasteiger charge is 2.21. The standard InChI is InChI=1S/C54H37NO/c1-3-14-36(15-4-1)39-19-13-20-42(32-39)55(41-28-26-38(27-29-41)49-33-40-18-7-8-21-44(40)45-22-9-10-23-46(45)49)43-30-31-53-51(34-43)52-35-50(37-16-5-2-6-17-37)47-24-11-12-25-48(47)54(52)56-53/h1-16,18-35,37H,17H2. The van der Waals surface area contributed by atoms with Crippen LogP contribution >= 0.6 is 0 Å². The quantitative estimate of drug-likeness (QED) is 0.159. The zero-order valence-electron chi connectivity index (χ0n) is 30.8. The zero-order chi connectivity index (χ0) is 37.0. The van der Waals surface area contributed by atoms with Crippen molar-refractivity contribution in [3.8, 4) is 22.3 Å². The number of hydrogen-bond donors (Lipinski definition) is 0. The Kier molecular flexibility index (Phi) is 7.67. The second kappa shape index (κ2) is 13.3. The van der Waals surface area contributed by atoms with E-state index >= 15 is 0 Å². The number of furan rings is 1. The van der Waals surface area contributed by atoms with Gasteiger partial charge in [0, 0.05) is 39.1 Å². The van der Waals surface area contributed by atoms with Crippen molar-refractivity contribution in [1.29, 1.82) is 0 Å². The van der Waals surface area contributed by atoms with Gasteiger partial charge in [0.2, 0.25) is 0 Å². The molecule has 0 spiro atoms. The van der Waals surface area contributed by atoms with E-state index < -0.39 is 0 Å². The number of benzene rings is 9. The monoisotopic (exact) mass is 715 g/mol.